The van der Waals surface area contributed by atoms with Crippen LogP contribution in [0.25, 0.3) is 5.69 Å². The lowest BCUT2D eigenvalue weighted by molar-refractivity contribution is -0.126. The van der Waals surface area contributed by atoms with Gasteiger partial charge in [0.1, 0.15) is 12.7 Å². The van der Waals surface area contributed by atoms with Crippen molar-refractivity contribution in [3.8, 4) is 5.69 Å². The zero-order valence-corrected chi connectivity index (χ0v) is 12.0. The van der Waals surface area contributed by atoms with Crippen molar-refractivity contribution in [2.24, 2.45) is 11.8 Å². The van der Waals surface area contributed by atoms with E-state index in [4.69, 9.17) is 0 Å². The first-order chi connectivity index (χ1) is 10.2. The lowest BCUT2D eigenvalue weighted by Gasteiger charge is -2.31. The number of benzene rings is 1. The summed E-state index contributed by atoms with van der Waals surface area (Å²) in [6.45, 7) is 4.41. The highest BCUT2D eigenvalue weighted by atomic mass is 16.1. The molecule has 2 N–H and O–H groups in total. The van der Waals surface area contributed by atoms with Crippen LogP contribution in [0.4, 0.5) is 0 Å². The van der Waals surface area contributed by atoms with Crippen LogP contribution in [0.3, 0.4) is 0 Å². The van der Waals surface area contributed by atoms with Gasteiger partial charge in [-0.2, -0.15) is 5.10 Å². The van der Waals surface area contributed by atoms with Crippen molar-refractivity contribution in [3.63, 3.8) is 0 Å². The van der Waals surface area contributed by atoms with Crippen molar-refractivity contribution in [2.75, 3.05) is 13.1 Å². The normalized spacial score (nSPS) is 16.2. The van der Waals surface area contributed by atoms with Gasteiger partial charge >= 0.3 is 0 Å². The fraction of sp³-hybridized carbons (Fsp3) is 0.400. The van der Waals surface area contributed by atoms with Gasteiger partial charge < -0.3 is 10.6 Å². The molecular weight excluding hydrogens is 266 g/mol. The van der Waals surface area contributed by atoms with Crippen LogP contribution in [0.5, 0.6) is 0 Å². The van der Waals surface area contributed by atoms with Crippen LogP contribution in [0.2, 0.25) is 0 Å². The van der Waals surface area contributed by atoms with Crippen LogP contribution in [0.1, 0.15) is 12.5 Å². The smallest absolute Gasteiger partial charge is 0.223 e. The zero-order valence-electron chi connectivity index (χ0n) is 12.0. The number of nitrogens with zero attached hydrogens (tertiary/aromatic N) is 3. The number of hydrogen-bond donors (Lipinski definition) is 2. The molecule has 1 saturated heterocycles. The van der Waals surface area contributed by atoms with Crippen molar-refractivity contribution in [1.29, 1.82) is 0 Å². The summed E-state index contributed by atoms with van der Waals surface area (Å²) in [6, 6.07) is 7.92. The maximum absolute atomic E-state index is 12.1. The Hall–Kier alpha value is -2.21. The standard InChI is InChI=1S/C15H19N5O/c1-11(13-7-16-8-13)15(21)18-6-12-3-2-4-14(5-12)20-10-17-9-19-20/h2-5,9-11,13,16H,6-8H2,1H3,(H,18,21). The third-order valence-electron chi connectivity index (χ3n) is 3.99. The molecule has 1 aromatic heterocycles. The van der Waals surface area contributed by atoms with Crippen molar-refractivity contribution in [1.82, 2.24) is 25.4 Å². The molecule has 1 aliphatic rings. The first-order valence-electron chi connectivity index (χ1n) is 7.16. The minimum atomic E-state index is 0.0600. The molecule has 6 nitrogen and oxygen atoms in total. The average Bonchev–Trinajstić information content (AvgIpc) is 2.97. The summed E-state index contributed by atoms with van der Waals surface area (Å²) < 4.78 is 1.70. The Kier molecular flexibility index (Phi) is 3.96. The molecule has 1 fully saturated rings. The Bertz CT molecular complexity index is 606. The van der Waals surface area contributed by atoms with Crippen LogP contribution in [-0.4, -0.2) is 33.8 Å². The number of carbonyl (C=O) groups is 1. The van der Waals surface area contributed by atoms with Crippen LogP contribution in [0, 0.1) is 11.8 Å². The molecule has 0 spiro atoms. The van der Waals surface area contributed by atoms with Crippen LogP contribution in [-0.2, 0) is 11.3 Å². The Balaban J connectivity index is 1.60. The average molecular weight is 285 g/mol. The van der Waals surface area contributed by atoms with Gasteiger partial charge in [0.25, 0.3) is 0 Å². The van der Waals surface area contributed by atoms with Crippen molar-refractivity contribution < 1.29 is 4.79 Å². The van der Waals surface area contributed by atoms with Crippen LogP contribution in [0.15, 0.2) is 36.9 Å². The Morgan fingerprint density at radius 1 is 1.52 bits per heavy atom. The van der Waals surface area contributed by atoms with Crippen molar-refractivity contribution in [2.45, 2.75) is 13.5 Å². The summed E-state index contributed by atoms with van der Waals surface area (Å²) in [5.74, 6) is 0.642. The van der Waals surface area contributed by atoms with Gasteiger partial charge in [-0.15, -0.1) is 0 Å². The van der Waals surface area contributed by atoms with E-state index in [9.17, 15) is 4.79 Å². The van der Waals surface area contributed by atoms with Crippen LogP contribution < -0.4 is 10.6 Å². The fourth-order valence-corrected chi connectivity index (χ4v) is 2.38. The second-order valence-corrected chi connectivity index (χ2v) is 5.43. The van der Waals surface area contributed by atoms with E-state index >= 15 is 0 Å². The molecule has 21 heavy (non-hydrogen) atoms. The predicted molar refractivity (Wildman–Crippen MR) is 78.7 cm³/mol. The first-order valence-corrected chi connectivity index (χ1v) is 7.16. The minimum absolute atomic E-state index is 0.0600. The van der Waals surface area contributed by atoms with Gasteiger partial charge in [0.05, 0.1) is 5.69 Å². The van der Waals surface area contributed by atoms with Gasteiger partial charge in [0.2, 0.25) is 5.91 Å². The number of aromatic nitrogens is 3. The summed E-state index contributed by atoms with van der Waals surface area (Å²) in [4.78, 5) is 16.0. The quantitative estimate of drug-likeness (QED) is 0.850. The maximum atomic E-state index is 12.1. The SMILES string of the molecule is CC(C(=O)NCc1cccc(-n2cncn2)c1)C1CNC1. The lowest BCUT2D eigenvalue weighted by Crippen LogP contribution is -2.49. The topological polar surface area (TPSA) is 71.8 Å². The van der Waals surface area contributed by atoms with E-state index in [0.29, 0.717) is 12.5 Å². The molecule has 110 valence electrons. The Labute approximate surface area is 123 Å². The summed E-state index contributed by atoms with van der Waals surface area (Å²) in [6.07, 6.45) is 3.16. The lowest BCUT2D eigenvalue weighted by atomic mass is 9.88. The molecule has 0 radical (unpaired) electrons. The highest BCUT2D eigenvalue weighted by Crippen LogP contribution is 2.16. The van der Waals surface area contributed by atoms with E-state index in [-0.39, 0.29) is 11.8 Å². The van der Waals surface area contributed by atoms with Gasteiger partial charge in [-0.05, 0) is 36.7 Å². The number of amides is 1. The van der Waals surface area contributed by atoms with Gasteiger partial charge in [-0.25, -0.2) is 9.67 Å². The minimum Gasteiger partial charge on any atom is -0.352 e. The number of hydrogen-bond acceptors (Lipinski definition) is 4. The molecule has 1 unspecified atom stereocenters. The summed E-state index contributed by atoms with van der Waals surface area (Å²) in [7, 11) is 0. The third-order valence-corrected chi connectivity index (χ3v) is 3.99. The summed E-state index contributed by atoms with van der Waals surface area (Å²) in [5.41, 5.74) is 1.99. The second-order valence-electron chi connectivity index (χ2n) is 5.43. The molecule has 0 aliphatic carbocycles. The van der Waals surface area contributed by atoms with E-state index in [2.05, 4.69) is 20.7 Å². The zero-order chi connectivity index (χ0) is 14.7. The molecule has 2 aromatic rings. The number of nitrogens with one attached hydrogen (secondary N) is 2. The molecule has 0 bridgehead atoms. The molecular formula is C15H19N5O. The van der Waals surface area contributed by atoms with E-state index < -0.39 is 0 Å². The predicted octanol–water partition coefficient (Wildman–Crippen LogP) is 0.739. The maximum Gasteiger partial charge on any atom is 0.223 e. The van der Waals surface area contributed by atoms with Gasteiger partial charge in [-0.3, -0.25) is 4.79 Å². The van der Waals surface area contributed by atoms with Crippen molar-refractivity contribution in [3.05, 3.63) is 42.5 Å². The van der Waals surface area contributed by atoms with Gasteiger partial charge in [0, 0.05) is 12.5 Å². The number of rotatable bonds is 5. The van der Waals surface area contributed by atoms with Crippen molar-refractivity contribution >= 4 is 5.91 Å². The molecule has 3 rings (SSSR count). The molecule has 2 heterocycles. The van der Waals surface area contributed by atoms with E-state index in [0.717, 1.165) is 24.3 Å². The van der Waals surface area contributed by atoms with Crippen LogP contribution >= 0.6 is 0 Å². The van der Waals surface area contributed by atoms with Gasteiger partial charge in [-0.1, -0.05) is 19.1 Å². The largest absolute Gasteiger partial charge is 0.352 e. The number of carbonyl (C=O) groups excluding carboxylic acids is 1. The molecule has 1 aliphatic heterocycles. The molecule has 6 heteroatoms. The van der Waals surface area contributed by atoms with E-state index in [1.165, 1.54) is 6.33 Å². The molecule has 1 amide bonds. The molecule has 1 atom stereocenters. The molecule has 1 aromatic carbocycles. The van der Waals surface area contributed by atoms with E-state index in [1.54, 1.807) is 11.0 Å². The fourth-order valence-electron chi connectivity index (χ4n) is 2.38. The third kappa shape index (κ3) is 3.11. The monoisotopic (exact) mass is 285 g/mol. The van der Waals surface area contributed by atoms with E-state index in [1.807, 2.05) is 31.2 Å². The molecule has 0 saturated carbocycles. The first kappa shape index (κ1) is 13.8. The highest BCUT2D eigenvalue weighted by Gasteiger charge is 2.28. The Morgan fingerprint density at radius 2 is 2.38 bits per heavy atom. The Morgan fingerprint density at radius 3 is 3.05 bits per heavy atom. The second kappa shape index (κ2) is 6.05. The van der Waals surface area contributed by atoms with Gasteiger partial charge in [0.15, 0.2) is 0 Å². The summed E-state index contributed by atoms with van der Waals surface area (Å²) >= 11 is 0. The summed E-state index contributed by atoms with van der Waals surface area (Å²) in [5, 5.41) is 10.3. The highest BCUT2D eigenvalue weighted by molar-refractivity contribution is 5.78.